The number of hydrogen-bond acceptors (Lipinski definition) is 3. The summed E-state index contributed by atoms with van der Waals surface area (Å²) in [5.74, 6) is 0.00290. The van der Waals surface area contributed by atoms with Crippen molar-refractivity contribution < 1.29 is 9.53 Å². The number of carbonyl (C=O) groups is 1. The number of hydrogen-bond donors (Lipinski definition) is 1. The number of nitriles is 1. The smallest absolute Gasteiger partial charge is 0.266 e. The molecule has 0 saturated carbocycles. The van der Waals surface area contributed by atoms with Gasteiger partial charge in [0.25, 0.3) is 5.91 Å². The molecule has 4 nitrogen and oxygen atoms in total. The maximum Gasteiger partial charge on any atom is 0.266 e. The van der Waals surface area contributed by atoms with Gasteiger partial charge in [0.05, 0.1) is 0 Å². The highest BCUT2D eigenvalue weighted by atomic mass is 79.9. The third-order valence-electron chi connectivity index (χ3n) is 4.37. The van der Waals surface area contributed by atoms with E-state index in [1.165, 1.54) is 6.08 Å². The van der Waals surface area contributed by atoms with Gasteiger partial charge in [-0.25, -0.2) is 0 Å². The zero-order valence-electron chi connectivity index (χ0n) is 16.5. The Bertz CT molecular complexity index is 1190. The van der Waals surface area contributed by atoms with Gasteiger partial charge >= 0.3 is 0 Å². The van der Waals surface area contributed by atoms with Crippen LogP contribution in [-0.2, 0) is 11.4 Å². The standard InChI is InChI=1S/C24H17BrCl2N2O2/c1-15-2-8-21(12-22(15)27)29-24(30)18(13-28)10-17-11-19(25)5-9-23(17)31-14-16-3-6-20(26)7-4-16/h2-12H,14H2,1H3,(H,29,30)/b18-10-. The van der Waals surface area contributed by atoms with Crippen LogP contribution in [0.25, 0.3) is 6.08 Å². The van der Waals surface area contributed by atoms with E-state index in [2.05, 4.69) is 21.2 Å². The number of halogens is 3. The van der Waals surface area contributed by atoms with Crippen molar-refractivity contribution in [3.05, 3.63) is 97.4 Å². The quantitative estimate of drug-likeness (QED) is 0.279. The zero-order chi connectivity index (χ0) is 22.4. The molecule has 0 aromatic heterocycles. The number of amides is 1. The molecular formula is C24H17BrCl2N2O2. The van der Waals surface area contributed by atoms with Gasteiger partial charge in [0.15, 0.2) is 0 Å². The third kappa shape index (κ3) is 6.35. The molecule has 1 N–H and O–H groups in total. The lowest BCUT2D eigenvalue weighted by molar-refractivity contribution is -0.112. The van der Waals surface area contributed by atoms with Crippen LogP contribution in [0.4, 0.5) is 5.69 Å². The number of rotatable bonds is 6. The molecule has 0 spiro atoms. The summed E-state index contributed by atoms with van der Waals surface area (Å²) in [6, 6.07) is 19.8. The first-order valence-corrected chi connectivity index (χ1v) is 10.8. The monoisotopic (exact) mass is 514 g/mol. The van der Waals surface area contributed by atoms with Crippen LogP contribution in [0.3, 0.4) is 0 Å². The van der Waals surface area contributed by atoms with Gasteiger partial charge in [-0.05, 0) is 66.6 Å². The molecule has 156 valence electrons. The van der Waals surface area contributed by atoms with Crippen molar-refractivity contribution >= 4 is 56.8 Å². The first-order valence-electron chi connectivity index (χ1n) is 9.22. The normalized spacial score (nSPS) is 11.0. The molecule has 1 amide bonds. The Kier molecular flexibility index (Phi) is 7.75. The Hall–Kier alpha value is -2.78. The molecule has 0 heterocycles. The maximum atomic E-state index is 12.6. The second-order valence-corrected chi connectivity index (χ2v) is 8.44. The zero-order valence-corrected chi connectivity index (χ0v) is 19.6. The summed E-state index contributed by atoms with van der Waals surface area (Å²) in [5, 5.41) is 13.4. The van der Waals surface area contributed by atoms with Crippen LogP contribution >= 0.6 is 39.1 Å². The Morgan fingerprint density at radius 3 is 2.55 bits per heavy atom. The summed E-state index contributed by atoms with van der Waals surface area (Å²) in [5.41, 5.74) is 2.88. The molecule has 3 aromatic carbocycles. The molecule has 0 bridgehead atoms. The van der Waals surface area contributed by atoms with Gasteiger partial charge < -0.3 is 10.1 Å². The van der Waals surface area contributed by atoms with E-state index < -0.39 is 5.91 Å². The van der Waals surface area contributed by atoms with Crippen LogP contribution in [0.5, 0.6) is 5.75 Å². The third-order valence-corrected chi connectivity index (χ3v) is 5.53. The van der Waals surface area contributed by atoms with Gasteiger partial charge in [-0.1, -0.05) is 57.3 Å². The highest BCUT2D eigenvalue weighted by Gasteiger charge is 2.13. The fourth-order valence-corrected chi connectivity index (χ4v) is 3.36. The molecule has 0 saturated heterocycles. The lowest BCUT2D eigenvalue weighted by atomic mass is 10.1. The Morgan fingerprint density at radius 1 is 1.13 bits per heavy atom. The van der Waals surface area contributed by atoms with E-state index in [0.29, 0.717) is 33.7 Å². The second kappa shape index (κ2) is 10.5. The summed E-state index contributed by atoms with van der Waals surface area (Å²) in [6.07, 6.45) is 1.49. The molecule has 0 aliphatic carbocycles. The van der Waals surface area contributed by atoms with Crippen LogP contribution in [0.1, 0.15) is 16.7 Å². The van der Waals surface area contributed by atoms with Crippen molar-refractivity contribution in [2.24, 2.45) is 0 Å². The van der Waals surface area contributed by atoms with E-state index in [-0.39, 0.29) is 5.57 Å². The molecule has 0 fully saturated rings. The van der Waals surface area contributed by atoms with Gasteiger partial charge in [-0.3, -0.25) is 4.79 Å². The molecule has 0 atom stereocenters. The van der Waals surface area contributed by atoms with Gasteiger partial charge in [0.2, 0.25) is 0 Å². The molecule has 0 aliphatic heterocycles. The summed E-state index contributed by atoms with van der Waals surface area (Å²) in [7, 11) is 0. The van der Waals surface area contributed by atoms with Crippen LogP contribution < -0.4 is 10.1 Å². The van der Waals surface area contributed by atoms with Crippen LogP contribution in [0.15, 0.2) is 70.7 Å². The minimum Gasteiger partial charge on any atom is -0.488 e. The van der Waals surface area contributed by atoms with Crippen molar-refractivity contribution in [3.8, 4) is 11.8 Å². The van der Waals surface area contributed by atoms with Crippen molar-refractivity contribution in [2.75, 3.05) is 5.32 Å². The van der Waals surface area contributed by atoms with Crippen molar-refractivity contribution in [1.82, 2.24) is 0 Å². The minimum absolute atomic E-state index is 0.0638. The van der Waals surface area contributed by atoms with E-state index in [9.17, 15) is 10.1 Å². The Labute approximate surface area is 199 Å². The minimum atomic E-state index is -0.536. The summed E-state index contributed by atoms with van der Waals surface area (Å²) in [6.45, 7) is 2.18. The van der Waals surface area contributed by atoms with Crippen molar-refractivity contribution in [2.45, 2.75) is 13.5 Å². The molecule has 31 heavy (non-hydrogen) atoms. The van der Waals surface area contributed by atoms with E-state index >= 15 is 0 Å². The molecule has 3 aromatic rings. The number of carbonyl (C=O) groups excluding carboxylic acids is 1. The molecule has 0 unspecified atom stereocenters. The largest absolute Gasteiger partial charge is 0.488 e. The summed E-state index contributed by atoms with van der Waals surface area (Å²) in [4.78, 5) is 12.6. The number of aryl methyl sites for hydroxylation is 1. The fraction of sp³-hybridized carbons (Fsp3) is 0.0833. The van der Waals surface area contributed by atoms with Crippen LogP contribution in [0.2, 0.25) is 10.0 Å². The predicted octanol–water partition coefficient (Wildman–Crippen LogP) is 7.19. The highest BCUT2D eigenvalue weighted by molar-refractivity contribution is 9.10. The van der Waals surface area contributed by atoms with Gasteiger partial charge in [0, 0.05) is 25.8 Å². The van der Waals surface area contributed by atoms with Gasteiger partial charge in [0.1, 0.15) is 24.0 Å². The Balaban J connectivity index is 1.82. The first-order chi connectivity index (χ1) is 14.9. The topological polar surface area (TPSA) is 62.1 Å². The lowest BCUT2D eigenvalue weighted by Gasteiger charge is -2.11. The van der Waals surface area contributed by atoms with Crippen LogP contribution in [0, 0.1) is 18.3 Å². The fourth-order valence-electron chi connectivity index (χ4n) is 2.68. The van der Waals surface area contributed by atoms with E-state index in [1.54, 1.807) is 42.5 Å². The van der Waals surface area contributed by atoms with Crippen molar-refractivity contribution in [3.63, 3.8) is 0 Å². The van der Waals surface area contributed by atoms with Crippen LogP contribution in [-0.4, -0.2) is 5.91 Å². The Morgan fingerprint density at radius 2 is 1.87 bits per heavy atom. The molecule has 0 aliphatic rings. The molecule has 3 rings (SSSR count). The van der Waals surface area contributed by atoms with Gasteiger partial charge in [-0.15, -0.1) is 0 Å². The molecular weight excluding hydrogens is 499 g/mol. The maximum absolute atomic E-state index is 12.6. The molecule has 0 radical (unpaired) electrons. The number of ether oxygens (including phenoxy) is 1. The van der Waals surface area contributed by atoms with Crippen molar-refractivity contribution in [1.29, 1.82) is 5.26 Å². The SMILES string of the molecule is Cc1ccc(NC(=O)/C(C#N)=C\c2cc(Br)ccc2OCc2ccc(Cl)cc2)cc1Cl. The summed E-state index contributed by atoms with van der Waals surface area (Å²) >= 11 is 15.5. The van der Waals surface area contributed by atoms with E-state index in [0.717, 1.165) is 15.6 Å². The van der Waals surface area contributed by atoms with Gasteiger partial charge in [-0.2, -0.15) is 5.26 Å². The lowest BCUT2D eigenvalue weighted by Crippen LogP contribution is -2.13. The number of nitrogens with one attached hydrogen (secondary N) is 1. The molecule has 7 heteroatoms. The highest BCUT2D eigenvalue weighted by Crippen LogP contribution is 2.27. The van der Waals surface area contributed by atoms with E-state index in [4.69, 9.17) is 27.9 Å². The second-order valence-electron chi connectivity index (χ2n) is 6.69. The summed E-state index contributed by atoms with van der Waals surface area (Å²) < 4.78 is 6.72. The average molecular weight is 516 g/mol. The number of benzene rings is 3. The predicted molar refractivity (Wildman–Crippen MR) is 128 cm³/mol. The number of nitrogens with zero attached hydrogens (tertiary/aromatic N) is 1. The first kappa shape index (κ1) is 22.9. The van der Waals surface area contributed by atoms with E-state index in [1.807, 2.05) is 31.2 Å². The number of anilines is 1. The average Bonchev–Trinajstić information content (AvgIpc) is 2.75.